The Bertz CT molecular complexity index is 783. The molecule has 1 aliphatic carbocycles. The summed E-state index contributed by atoms with van der Waals surface area (Å²) in [7, 11) is 3.42. The number of hydrogen-bond acceptors (Lipinski definition) is 8. The van der Waals surface area contributed by atoms with Gasteiger partial charge in [0.1, 0.15) is 5.82 Å². The SMILES string of the molecule is CNc1ccnc(Nc2cnc(OC)c(OCC3CCN(C4CC4)C3)c2)n1. The van der Waals surface area contributed by atoms with Crippen molar-refractivity contribution in [2.45, 2.75) is 25.3 Å². The van der Waals surface area contributed by atoms with Crippen LogP contribution in [-0.4, -0.2) is 59.7 Å². The molecular formula is C19H26N6O2. The summed E-state index contributed by atoms with van der Waals surface area (Å²) in [5.74, 6) is 2.92. The van der Waals surface area contributed by atoms with Crippen molar-refractivity contribution < 1.29 is 9.47 Å². The summed E-state index contributed by atoms with van der Waals surface area (Å²) in [5.41, 5.74) is 0.755. The molecule has 0 bridgehead atoms. The second kappa shape index (κ2) is 7.96. The molecule has 144 valence electrons. The normalized spacial score (nSPS) is 19.7. The van der Waals surface area contributed by atoms with Crippen LogP contribution in [0.2, 0.25) is 0 Å². The van der Waals surface area contributed by atoms with Gasteiger partial charge in [-0.05, 0) is 31.9 Å². The number of likely N-dealkylation sites (tertiary alicyclic amines) is 1. The van der Waals surface area contributed by atoms with E-state index in [-0.39, 0.29) is 0 Å². The molecule has 2 aliphatic rings. The molecule has 2 N–H and O–H groups in total. The van der Waals surface area contributed by atoms with Crippen molar-refractivity contribution in [1.82, 2.24) is 19.9 Å². The summed E-state index contributed by atoms with van der Waals surface area (Å²) in [5, 5.41) is 6.15. The number of anilines is 3. The van der Waals surface area contributed by atoms with E-state index >= 15 is 0 Å². The van der Waals surface area contributed by atoms with E-state index in [0.29, 0.717) is 30.1 Å². The van der Waals surface area contributed by atoms with E-state index in [4.69, 9.17) is 9.47 Å². The van der Waals surface area contributed by atoms with Crippen LogP contribution < -0.4 is 20.1 Å². The fourth-order valence-electron chi connectivity index (χ4n) is 3.42. The van der Waals surface area contributed by atoms with Crippen LogP contribution in [0.15, 0.2) is 24.5 Å². The summed E-state index contributed by atoms with van der Waals surface area (Å²) in [4.78, 5) is 15.5. The minimum atomic E-state index is 0.488. The number of rotatable bonds is 8. The highest BCUT2D eigenvalue weighted by atomic mass is 16.5. The van der Waals surface area contributed by atoms with E-state index < -0.39 is 0 Å². The molecule has 2 fully saturated rings. The van der Waals surface area contributed by atoms with E-state index in [0.717, 1.165) is 24.1 Å². The lowest BCUT2D eigenvalue weighted by Gasteiger charge is -2.16. The second-order valence-corrected chi connectivity index (χ2v) is 7.06. The Morgan fingerprint density at radius 3 is 2.93 bits per heavy atom. The van der Waals surface area contributed by atoms with E-state index in [2.05, 4.69) is 30.5 Å². The van der Waals surface area contributed by atoms with E-state index in [1.54, 1.807) is 25.6 Å². The largest absolute Gasteiger partial charge is 0.488 e. The van der Waals surface area contributed by atoms with E-state index in [1.807, 2.05) is 13.1 Å². The van der Waals surface area contributed by atoms with Crippen molar-refractivity contribution in [3.63, 3.8) is 0 Å². The highest BCUT2D eigenvalue weighted by Gasteiger charge is 2.34. The first-order valence-electron chi connectivity index (χ1n) is 9.44. The molecule has 0 amide bonds. The average molecular weight is 370 g/mol. The van der Waals surface area contributed by atoms with Gasteiger partial charge in [-0.25, -0.2) is 9.97 Å². The minimum absolute atomic E-state index is 0.488. The van der Waals surface area contributed by atoms with Gasteiger partial charge in [-0.1, -0.05) is 0 Å². The number of pyridine rings is 1. The van der Waals surface area contributed by atoms with Crippen molar-refractivity contribution in [2.75, 3.05) is 44.5 Å². The standard InChI is InChI=1S/C19H26N6O2/c1-20-17-5-7-21-19(24-17)23-14-9-16(18(26-2)22-10-14)27-12-13-6-8-25(11-13)15-3-4-15/h5,7,9-10,13,15H,3-4,6,8,11-12H2,1-2H3,(H2,20,21,23,24). The molecule has 1 aliphatic heterocycles. The Hall–Kier alpha value is -2.61. The van der Waals surface area contributed by atoms with Gasteiger partial charge in [0.2, 0.25) is 5.95 Å². The summed E-state index contributed by atoms with van der Waals surface area (Å²) in [6.07, 6.45) is 7.29. The zero-order valence-corrected chi connectivity index (χ0v) is 15.8. The van der Waals surface area contributed by atoms with Gasteiger partial charge in [-0.2, -0.15) is 4.98 Å². The molecule has 3 heterocycles. The molecule has 4 rings (SSSR count). The summed E-state index contributed by atoms with van der Waals surface area (Å²) in [6.45, 7) is 2.99. The van der Waals surface area contributed by atoms with Crippen molar-refractivity contribution in [1.29, 1.82) is 0 Å². The van der Waals surface area contributed by atoms with Crippen LogP contribution >= 0.6 is 0 Å². The van der Waals surface area contributed by atoms with Crippen LogP contribution in [0.25, 0.3) is 0 Å². The van der Waals surface area contributed by atoms with Gasteiger partial charge in [0, 0.05) is 37.8 Å². The fraction of sp³-hybridized carbons (Fsp3) is 0.526. The Morgan fingerprint density at radius 2 is 2.15 bits per heavy atom. The van der Waals surface area contributed by atoms with Gasteiger partial charge in [0.15, 0.2) is 5.75 Å². The highest BCUT2D eigenvalue weighted by Crippen LogP contribution is 2.33. The van der Waals surface area contributed by atoms with Gasteiger partial charge in [0.25, 0.3) is 5.88 Å². The Kier molecular flexibility index (Phi) is 5.24. The van der Waals surface area contributed by atoms with Crippen LogP contribution in [0.3, 0.4) is 0 Å². The molecular weight excluding hydrogens is 344 g/mol. The third kappa shape index (κ3) is 4.39. The van der Waals surface area contributed by atoms with Gasteiger partial charge in [0.05, 0.1) is 25.6 Å². The van der Waals surface area contributed by atoms with Crippen LogP contribution in [0, 0.1) is 5.92 Å². The lowest BCUT2D eigenvalue weighted by atomic mass is 10.1. The molecule has 2 aromatic rings. The van der Waals surface area contributed by atoms with Crippen molar-refractivity contribution in [2.24, 2.45) is 5.92 Å². The van der Waals surface area contributed by atoms with Crippen LogP contribution in [0.5, 0.6) is 11.6 Å². The second-order valence-electron chi connectivity index (χ2n) is 7.06. The molecule has 1 atom stereocenters. The van der Waals surface area contributed by atoms with Gasteiger partial charge in [-0.3, -0.25) is 4.90 Å². The van der Waals surface area contributed by atoms with Gasteiger partial charge < -0.3 is 20.1 Å². The third-order valence-corrected chi connectivity index (χ3v) is 5.03. The average Bonchev–Trinajstić information content (AvgIpc) is 3.45. The van der Waals surface area contributed by atoms with E-state index in [9.17, 15) is 0 Å². The zero-order valence-electron chi connectivity index (χ0n) is 15.8. The molecule has 1 saturated heterocycles. The molecule has 0 aromatic carbocycles. The number of nitrogens with one attached hydrogen (secondary N) is 2. The third-order valence-electron chi connectivity index (χ3n) is 5.03. The number of nitrogens with zero attached hydrogens (tertiary/aromatic N) is 4. The number of aromatic nitrogens is 3. The summed E-state index contributed by atoms with van der Waals surface area (Å²) >= 11 is 0. The molecule has 2 aromatic heterocycles. The first-order valence-corrected chi connectivity index (χ1v) is 9.44. The topological polar surface area (TPSA) is 84.4 Å². The number of ether oxygens (including phenoxy) is 2. The van der Waals surface area contributed by atoms with Crippen LogP contribution in [-0.2, 0) is 0 Å². The monoisotopic (exact) mass is 370 g/mol. The highest BCUT2D eigenvalue weighted by molar-refractivity contribution is 5.57. The smallest absolute Gasteiger partial charge is 0.256 e. The lowest BCUT2D eigenvalue weighted by Crippen LogP contribution is -2.24. The Balaban J connectivity index is 1.41. The maximum Gasteiger partial charge on any atom is 0.256 e. The summed E-state index contributed by atoms with van der Waals surface area (Å²) in [6, 6.07) is 4.51. The predicted molar refractivity (Wildman–Crippen MR) is 104 cm³/mol. The quantitative estimate of drug-likeness (QED) is 0.733. The Morgan fingerprint density at radius 1 is 1.26 bits per heavy atom. The molecule has 8 nitrogen and oxygen atoms in total. The lowest BCUT2D eigenvalue weighted by molar-refractivity contribution is 0.228. The van der Waals surface area contributed by atoms with Crippen molar-refractivity contribution in [3.05, 3.63) is 24.5 Å². The van der Waals surface area contributed by atoms with Crippen LogP contribution in [0.4, 0.5) is 17.5 Å². The molecule has 8 heteroatoms. The maximum atomic E-state index is 6.08. The number of methoxy groups -OCH3 is 1. The summed E-state index contributed by atoms with van der Waals surface area (Å²) < 4.78 is 11.4. The van der Waals surface area contributed by atoms with E-state index in [1.165, 1.54) is 25.8 Å². The Labute approximate surface area is 159 Å². The first-order chi connectivity index (χ1) is 13.2. The molecule has 1 saturated carbocycles. The van der Waals surface area contributed by atoms with Crippen molar-refractivity contribution in [3.8, 4) is 11.6 Å². The molecule has 27 heavy (non-hydrogen) atoms. The zero-order chi connectivity index (χ0) is 18.6. The minimum Gasteiger partial charge on any atom is -0.488 e. The van der Waals surface area contributed by atoms with Gasteiger partial charge in [-0.15, -0.1) is 0 Å². The maximum absolute atomic E-state index is 6.08. The van der Waals surface area contributed by atoms with Crippen molar-refractivity contribution >= 4 is 17.5 Å². The van der Waals surface area contributed by atoms with Crippen LogP contribution in [0.1, 0.15) is 19.3 Å². The number of hydrogen-bond donors (Lipinski definition) is 2. The fourth-order valence-corrected chi connectivity index (χ4v) is 3.42. The molecule has 1 unspecified atom stereocenters. The van der Waals surface area contributed by atoms with Gasteiger partial charge >= 0.3 is 0 Å². The first kappa shape index (κ1) is 17.8. The molecule has 0 spiro atoms. The molecule has 0 radical (unpaired) electrons. The predicted octanol–water partition coefficient (Wildman–Crippen LogP) is 2.53.